The predicted octanol–water partition coefficient (Wildman–Crippen LogP) is 0.796. The lowest BCUT2D eigenvalue weighted by Gasteiger charge is -2.30. The second-order valence-electron chi connectivity index (χ2n) is 8.32. The number of ketones is 1. The number of carbonyl (C=O) groups excluding carboxylic acids is 2. The third-order valence-corrected chi connectivity index (χ3v) is 6.53. The van der Waals surface area contributed by atoms with Crippen molar-refractivity contribution in [2.45, 2.75) is 13.0 Å². The fourth-order valence-electron chi connectivity index (χ4n) is 4.46. The molecule has 1 amide bonds. The molecule has 33 heavy (non-hydrogen) atoms. The van der Waals surface area contributed by atoms with Crippen molar-refractivity contribution in [3.63, 3.8) is 0 Å². The number of nitrogens with one attached hydrogen (secondary N) is 1. The molecule has 2 heterocycles. The number of hydrogen-bond donors (Lipinski definition) is 1. The SMILES string of the molecule is COc1ccc(C([O-])=C2C(=O)C(=O)N(CC[NH+]3CCOCC3)C2c2ccc(Cl)cc2)cc1C. The summed E-state index contributed by atoms with van der Waals surface area (Å²) in [5, 5.41) is 14.1. The normalized spacial score (nSPS) is 20.9. The van der Waals surface area contributed by atoms with Gasteiger partial charge in [-0.05, 0) is 47.9 Å². The minimum atomic E-state index is -0.752. The molecule has 0 aliphatic carbocycles. The van der Waals surface area contributed by atoms with Gasteiger partial charge in [0.15, 0.2) is 0 Å². The van der Waals surface area contributed by atoms with Gasteiger partial charge in [0.25, 0.3) is 5.91 Å². The van der Waals surface area contributed by atoms with Gasteiger partial charge in [-0.25, -0.2) is 0 Å². The van der Waals surface area contributed by atoms with E-state index in [-0.39, 0.29) is 5.57 Å². The second-order valence-corrected chi connectivity index (χ2v) is 8.76. The van der Waals surface area contributed by atoms with Crippen LogP contribution in [0.3, 0.4) is 0 Å². The van der Waals surface area contributed by atoms with Crippen LogP contribution in [0.2, 0.25) is 5.02 Å². The maximum atomic E-state index is 13.5. The van der Waals surface area contributed by atoms with Gasteiger partial charge in [0.05, 0.1) is 39.5 Å². The number of quaternary nitrogens is 1. The van der Waals surface area contributed by atoms with Gasteiger partial charge >= 0.3 is 0 Å². The molecule has 1 atom stereocenters. The third-order valence-electron chi connectivity index (χ3n) is 6.28. The highest BCUT2D eigenvalue weighted by Gasteiger charge is 2.44. The smallest absolute Gasteiger partial charge is 0.295 e. The lowest BCUT2D eigenvalue weighted by Crippen LogP contribution is -3.14. The summed E-state index contributed by atoms with van der Waals surface area (Å²) in [5.41, 5.74) is 1.79. The average molecular weight is 471 g/mol. The number of aryl methyl sites for hydroxylation is 1. The molecule has 2 aliphatic rings. The van der Waals surface area contributed by atoms with E-state index >= 15 is 0 Å². The van der Waals surface area contributed by atoms with Crippen molar-refractivity contribution in [2.24, 2.45) is 0 Å². The number of methoxy groups -OCH3 is 1. The molecule has 0 aromatic heterocycles. The van der Waals surface area contributed by atoms with Gasteiger partial charge in [0, 0.05) is 10.6 Å². The Hall–Kier alpha value is -2.87. The van der Waals surface area contributed by atoms with E-state index in [0.717, 1.165) is 18.7 Å². The Labute approximate surface area is 198 Å². The third kappa shape index (κ3) is 4.76. The number of likely N-dealkylation sites (tertiary alicyclic amines) is 1. The van der Waals surface area contributed by atoms with Gasteiger partial charge in [0.1, 0.15) is 18.8 Å². The molecule has 4 rings (SSSR count). The number of rotatable bonds is 6. The summed E-state index contributed by atoms with van der Waals surface area (Å²) >= 11 is 6.07. The lowest BCUT2D eigenvalue weighted by molar-refractivity contribution is -0.907. The molecule has 1 unspecified atom stereocenters. The summed E-state index contributed by atoms with van der Waals surface area (Å²) in [6, 6.07) is 11.2. The molecule has 2 aromatic carbocycles. The van der Waals surface area contributed by atoms with Crippen molar-refractivity contribution in [1.29, 1.82) is 0 Å². The van der Waals surface area contributed by atoms with Gasteiger partial charge in [-0.3, -0.25) is 9.59 Å². The van der Waals surface area contributed by atoms with Crippen molar-refractivity contribution < 1.29 is 29.1 Å². The van der Waals surface area contributed by atoms with Crippen LogP contribution in [0.15, 0.2) is 48.0 Å². The van der Waals surface area contributed by atoms with E-state index in [1.54, 1.807) is 49.6 Å². The van der Waals surface area contributed by atoms with E-state index in [0.29, 0.717) is 48.2 Å². The second kappa shape index (κ2) is 9.95. The molecule has 2 fully saturated rings. The summed E-state index contributed by atoms with van der Waals surface area (Å²) in [5.74, 6) is -1.18. The first-order valence-corrected chi connectivity index (χ1v) is 11.4. The Morgan fingerprint density at radius 1 is 1.18 bits per heavy atom. The molecule has 2 aromatic rings. The quantitative estimate of drug-likeness (QED) is 0.383. The number of morpholine rings is 1. The van der Waals surface area contributed by atoms with Crippen LogP contribution in [0, 0.1) is 6.92 Å². The molecule has 174 valence electrons. The van der Waals surface area contributed by atoms with Crippen molar-refractivity contribution in [2.75, 3.05) is 46.5 Å². The topological polar surface area (TPSA) is 83.3 Å². The maximum Gasteiger partial charge on any atom is 0.295 e. The minimum Gasteiger partial charge on any atom is -0.872 e. The number of amides is 1. The molecular weight excluding hydrogens is 444 g/mol. The number of hydrogen-bond acceptors (Lipinski definition) is 5. The number of benzene rings is 2. The molecule has 0 saturated carbocycles. The van der Waals surface area contributed by atoms with Crippen LogP contribution in [0.1, 0.15) is 22.7 Å². The molecular formula is C25H27ClN2O5. The van der Waals surface area contributed by atoms with Gasteiger partial charge in [0.2, 0.25) is 5.78 Å². The molecule has 7 nitrogen and oxygen atoms in total. The van der Waals surface area contributed by atoms with Crippen molar-refractivity contribution in [3.05, 3.63) is 69.8 Å². The van der Waals surface area contributed by atoms with Gasteiger partial charge < -0.3 is 24.4 Å². The molecule has 0 bridgehead atoms. The molecule has 1 N–H and O–H groups in total. The summed E-state index contributed by atoms with van der Waals surface area (Å²) in [6.45, 7) is 5.92. The van der Waals surface area contributed by atoms with Crippen LogP contribution < -0.4 is 14.7 Å². The molecule has 2 saturated heterocycles. The Balaban J connectivity index is 1.74. The Morgan fingerprint density at radius 2 is 1.88 bits per heavy atom. The fourth-order valence-corrected chi connectivity index (χ4v) is 4.58. The van der Waals surface area contributed by atoms with E-state index in [2.05, 4.69) is 0 Å². The molecule has 0 spiro atoms. The van der Waals surface area contributed by atoms with Crippen LogP contribution in [-0.4, -0.2) is 63.1 Å². The first-order valence-electron chi connectivity index (χ1n) is 11.0. The first-order chi connectivity index (χ1) is 15.9. The maximum absolute atomic E-state index is 13.5. The van der Waals surface area contributed by atoms with Crippen molar-refractivity contribution >= 4 is 29.1 Å². The Kier molecular flexibility index (Phi) is 7.02. The monoisotopic (exact) mass is 470 g/mol. The number of Topliss-reactive ketones (excluding diaryl/α,β-unsaturated/α-hetero) is 1. The van der Waals surface area contributed by atoms with Crippen molar-refractivity contribution in [3.8, 4) is 5.75 Å². The molecule has 8 heteroatoms. The number of carbonyl (C=O) groups is 2. The van der Waals surface area contributed by atoms with Crippen LogP contribution in [0.4, 0.5) is 0 Å². The zero-order valence-corrected chi connectivity index (χ0v) is 19.5. The van der Waals surface area contributed by atoms with Crippen molar-refractivity contribution in [1.82, 2.24) is 4.90 Å². The zero-order valence-electron chi connectivity index (χ0n) is 18.7. The fraction of sp³-hybridized carbons (Fsp3) is 0.360. The van der Waals surface area contributed by atoms with Crippen LogP contribution in [0.5, 0.6) is 5.75 Å². The minimum absolute atomic E-state index is 0.0242. The number of ether oxygens (including phenoxy) is 2. The summed E-state index contributed by atoms with van der Waals surface area (Å²) in [6.07, 6.45) is 0. The predicted molar refractivity (Wildman–Crippen MR) is 122 cm³/mol. The van der Waals surface area contributed by atoms with E-state index in [9.17, 15) is 14.7 Å². The van der Waals surface area contributed by atoms with E-state index in [4.69, 9.17) is 21.1 Å². The van der Waals surface area contributed by atoms with E-state index in [1.807, 2.05) is 6.92 Å². The zero-order chi connectivity index (χ0) is 23.5. The average Bonchev–Trinajstić information content (AvgIpc) is 3.08. The lowest BCUT2D eigenvalue weighted by atomic mass is 9.95. The van der Waals surface area contributed by atoms with Gasteiger partial charge in [-0.1, -0.05) is 35.6 Å². The molecule has 2 aliphatic heterocycles. The van der Waals surface area contributed by atoms with E-state index in [1.165, 1.54) is 9.80 Å². The summed E-state index contributed by atoms with van der Waals surface area (Å²) in [7, 11) is 1.56. The van der Waals surface area contributed by atoms with Gasteiger partial charge in [-0.2, -0.15) is 0 Å². The van der Waals surface area contributed by atoms with E-state index < -0.39 is 23.5 Å². The van der Waals surface area contributed by atoms with Crippen LogP contribution in [0.25, 0.3) is 5.76 Å². The highest BCUT2D eigenvalue weighted by atomic mass is 35.5. The van der Waals surface area contributed by atoms with Gasteiger partial charge in [-0.15, -0.1) is 0 Å². The summed E-state index contributed by atoms with van der Waals surface area (Å²) in [4.78, 5) is 29.0. The first kappa shape index (κ1) is 23.3. The highest BCUT2D eigenvalue weighted by Crippen LogP contribution is 2.39. The largest absolute Gasteiger partial charge is 0.872 e. The Morgan fingerprint density at radius 3 is 2.52 bits per heavy atom. The Bertz CT molecular complexity index is 1080. The molecule has 0 radical (unpaired) electrons. The number of halogens is 1. The number of nitrogens with zero attached hydrogens (tertiary/aromatic N) is 1. The summed E-state index contributed by atoms with van der Waals surface area (Å²) < 4.78 is 10.7. The van der Waals surface area contributed by atoms with Crippen LogP contribution >= 0.6 is 11.6 Å². The standard InChI is InChI=1S/C25H27ClN2O5/c1-16-15-18(5-8-20(16)32-2)23(29)21-22(17-3-6-19(26)7-4-17)28(25(31)24(21)30)10-9-27-11-13-33-14-12-27/h3-8,15,22,29H,9-14H2,1-2H3. The highest BCUT2D eigenvalue weighted by molar-refractivity contribution is 6.46. The van der Waals surface area contributed by atoms with Crippen LogP contribution in [-0.2, 0) is 14.3 Å².